The fourth-order valence-corrected chi connectivity index (χ4v) is 4.16. The maximum atomic E-state index is 13.2. The summed E-state index contributed by atoms with van der Waals surface area (Å²) in [6.45, 7) is 9.30. The standard InChI is InChI=1S/C25H30N2O2/c1-16(2)15-29-18-11-9-17(10-12-18)24-23-21(13-25(3,4)14-22(23)28)26-19-7-5-6-8-20(19)27-24/h5-12,16,24,26-27H,13-15H2,1-4H3. The van der Waals surface area contributed by atoms with Gasteiger partial charge < -0.3 is 15.4 Å². The average molecular weight is 391 g/mol. The van der Waals surface area contributed by atoms with Gasteiger partial charge in [-0.3, -0.25) is 4.79 Å². The van der Waals surface area contributed by atoms with Crippen molar-refractivity contribution in [3.63, 3.8) is 0 Å². The van der Waals surface area contributed by atoms with Gasteiger partial charge in [0.05, 0.1) is 24.0 Å². The Balaban J connectivity index is 1.73. The van der Waals surface area contributed by atoms with Crippen LogP contribution in [0.1, 0.15) is 52.1 Å². The van der Waals surface area contributed by atoms with E-state index in [4.69, 9.17) is 4.74 Å². The van der Waals surface area contributed by atoms with Crippen LogP contribution in [0.15, 0.2) is 59.8 Å². The fourth-order valence-electron chi connectivity index (χ4n) is 4.16. The van der Waals surface area contributed by atoms with Gasteiger partial charge in [-0.15, -0.1) is 0 Å². The molecule has 4 nitrogen and oxygen atoms in total. The van der Waals surface area contributed by atoms with Gasteiger partial charge in [-0.05, 0) is 47.6 Å². The second-order valence-corrected chi connectivity index (χ2v) is 9.35. The largest absolute Gasteiger partial charge is 0.493 e. The summed E-state index contributed by atoms with van der Waals surface area (Å²) in [5, 5.41) is 7.18. The number of ketones is 1. The molecule has 4 heteroatoms. The lowest BCUT2D eigenvalue weighted by molar-refractivity contribution is -0.118. The molecule has 0 fully saturated rings. The summed E-state index contributed by atoms with van der Waals surface area (Å²) in [7, 11) is 0. The molecule has 1 atom stereocenters. The number of ether oxygens (including phenoxy) is 1. The van der Waals surface area contributed by atoms with Crippen molar-refractivity contribution in [2.45, 2.75) is 46.6 Å². The number of carbonyl (C=O) groups excluding carboxylic acids is 1. The van der Waals surface area contributed by atoms with Crippen molar-refractivity contribution >= 4 is 17.2 Å². The van der Waals surface area contributed by atoms with E-state index >= 15 is 0 Å². The van der Waals surface area contributed by atoms with Gasteiger partial charge in [0.2, 0.25) is 0 Å². The fraction of sp³-hybridized carbons (Fsp3) is 0.400. The molecule has 1 aliphatic heterocycles. The van der Waals surface area contributed by atoms with Crippen molar-refractivity contribution < 1.29 is 9.53 Å². The number of nitrogens with one attached hydrogen (secondary N) is 2. The van der Waals surface area contributed by atoms with Gasteiger partial charge in [0, 0.05) is 17.7 Å². The highest BCUT2D eigenvalue weighted by Crippen LogP contribution is 2.45. The third-order valence-corrected chi connectivity index (χ3v) is 5.52. The monoisotopic (exact) mass is 390 g/mol. The molecule has 0 radical (unpaired) electrons. The summed E-state index contributed by atoms with van der Waals surface area (Å²) in [4.78, 5) is 13.2. The van der Waals surface area contributed by atoms with E-state index < -0.39 is 0 Å². The molecule has 1 heterocycles. The van der Waals surface area contributed by atoms with Gasteiger partial charge in [0.15, 0.2) is 5.78 Å². The van der Waals surface area contributed by atoms with E-state index in [1.165, 1.54) is 0 Å². The zero-order valence-corrected chi connectivity index (χ0v) is 17.7. The van der Waals surface area contributed by atoms with Crippen molar-refractivity contribution in [3.8, 4) is 5.75 Å². The van der Waals surface area contributed by atoms with Gasteiger partial charge in [0.1, 0.15) is 5.75 Å². The maximum Gasteiger partial charge on any atom is 0.163 e. The van der Waals surface area contributed by atoms with Crippen LogP contribution in [0.25, 0.3) is 0 Å². The Morgan fingerprint density at radius 1 is 1.03 bits per heavy atom. The smallest absolute Gasteiger partial charge is 0.163 e. The van der Waals surface area contributed by atoms with Gasteiger partial charge in [-0.1, -0.05) is 52.0 Å². The lowest BCUT2D eigenvalue weighted by atomic mass is 9.73. The third kappa shape index (κ3) is 4.16. The van der Waals surface area contributed by atoms with E-state index in [2.05, 4.69) is 62.6 Å². The Kier molecular flexibility index (Phi) is 5.12. The van der Waals surface area contributed by atoms with Crippen molar-refractivity contribution in [1.82, 2.24) is 0 Å². The van der Waals surface area contributed by atoms with E-state index in [9.17, 15) is 4.79 Å². The normalized spacial score (nSPS) is 20.3. The Hall–Kier alpha value is -2.75. The second-order valence-electron chi connectivity index (χ2n) is 9.35. The molecule has 152 valence electrons. The molecule has 0 amide bonds. The molecule has 4 rings (SSSR count). The number of rotatable bonds is 4. The van der Waals surface area contributed by atoms with Crippen LogP contribution in [0.3, 0.4) is 0 Å². The molecule has 0 saturated carbocycles. The van der Waals surface area contributed by atoms with Gasteiger partial charge in [0.25, 0.3) is 0 Å². The first-order chi connectivity index (χ1) is 13.8. The first-order valence-electron chi connectivity index (χ1n) is 10.4. The minimum absolute atomic E-state index is 0.0404. The van der Waals surface area contributed by atoms with Crippen molar-refractivity contribution in [2.75, 3.05) is 17.2 Å². The molecule has 2 aromatic carbocycles. The third-order valence-electron chi connectivity index (χ3n) is 5.52. The molecule has 0 bridgehead atoms. The number of hydrogen-bond acceptors (Lipinski definition) is 4. The lowest BCUT2D eigenvalue weighted by Gasteiger charge is -2.34. The van der Waals surface area contributed by atoms with Crippen LogP contribution in [-0.2, 0) is 4.79 Å². The molecule has 0 spiro atoms. The van der Waals surface area contributed by atoms with Crippen LogP contribution in [0.2, 0.25) is 0 Å². The summed E-state index contributed by atoms with van der Waals surface area (Å²) >= 11 is 0. The lowest BCUT2D eigenvalue weighted by Crippen LogP contribution is -2.31. The van der Waals surface area contributed by atoms with Gasteiger partial charge in [-0.2, -0.15) is 0 Å². The van der Waals surface area contributed by atoms with E-state index in [1.54, 1.807) is 0 Å². The van der Waals surface area contributed by atoms with E-state index in [1.807, 2.05) is 24.3 Å². The Morgan fingerprint density at radius 3 is 2.41 bits per heavy atom. The Morgan fingerprint density at radius 2 is 1.72 bits per heavy atom. The van der Waals surface area contributed by atoms with Gasteiger partial charge >= 0.3 is 0 Å². The molecule has 2 N–H and O–H groups in total. The zero-order valence-electron chi connectivity index (χ0n) is 17.7. The van der Waals surface area contributed by atoms with Crippen molar-refractivity contribution in [2.24, 2.45) is 11.3 Å². The number of carbonyl (C=O) groups is 1. The van der Waals surface area contributed by atoms with E-state index in [-0.39, 0.29) is 17.2 Å². The molecule has 1 aliphatic carbocycles. The zero-order chi connectivity index (χ0) is 20.6. The van der Waals surface area contributed by atoms with Gasteiger partial charge in [-0.25, -0.2) is 0 Å². The number of allylic oxidation sites excluding steroid dienone is 1. The van der Waals surface area contributed by atoms with Crippen LogP contribution in [0.4, 0.5) is 11.4 Å². The molecule has 29 heavy (non-hydrogen) atoms. The highest BCUT2D eigenvalue weighted by atomic mass is 16.5. The van der Waals surface area contributed by atoms with Crippen LogP contribution < -0.4 is 15.4 Å². The Labute approximate surface area is 173 Å². The second kappa shape index (κ2) is 7.58. The van der Waals surface area contributed by atoms with Crippen LogP contribution in [-0.4, -0.2) is 12.4 Å². The van der Waals surface area contributed by atoms with E-state index in [0.717, 1.165) is 40.4 Å². The molecule has 2 aliphatic rings. The van der Waals surface area contributed by atoms with E-state index in [0.29, 0.717) is 18.9 Å². The van der Waals surface area contributed by atoms with Crippen LogP contribution in [0, 0.1) is 11.3 Å². The number of Topliss-reactive ketones (excluding diaryl/α,β-unsaturated/α-hetero) is 1. The summed E-state index contributed by atoms with van der Waals surface area (Å²) in [5.74, 6) is 1.56. The van der Waals surface area contributed by atoms with Crippen molar-refractivity contribution in [3.05, 3.63) is 65.4 Å². The first-order valence-corrected chi connectivity index (χ1v) is 10.4. The van der Waals surface area contributed by atoms with Crippen LogP contribution in [0.5, 0.6) is 5.75 Å². The van der Waals surface area contributed by atoms with Crippen molar-refractivity contribution in [1.29, 1.82) is 0 Å². The quantitative estimate of drug-likeness (QED) is 0.678. The molecule has 0 aromatic heterocycles. The predicted molar refractivity (Wildman–Crippen MR) is 118 cm³/mol. The molecular weight excluding hydrogens is 360 g/mol. The predicted octanol–water partition coefficient (Wildman–Crippen LogP) is 5.94. The van der Waals surface area contributed by atoms with Crippen LogP contribution >= 0.6 is 0 Å². The summed E-state index contributed by atoms with van der Waals surface area (Å²) in [6.07, 6.45) is 1.42. The number of fused-ring (bicyclic) bond motifs is 1. The first kappa shape index (κ1) is 19.6. The minimum atomic E-state index is -0.177. The number of hydrogen-bond donors (Lipinski definition) is 2. The number of benzene rings is 2. The average Bonchev–Trinajstić information content (AvgIpc) is 2.82. The number of para-hydroxylation sites is 2. The maximum absolute atomic E-state index is 13.2. The molecular formula is C25H30N2O2. The summed E-state index contributed by atoms with van der Waals surface area (Å²) in [6, 6.07) is 16.1. The minimum Gasteiger partial charge on any atom is -0.493 e. The molecule has 0 saturated heterocycles. The highest BCUT2D eigenvalue weighted by Gasteiger charge is 2.38. The summed E-state index contributed by atoms with van der Waals surface area (Å²) in [5.41, 5.74) is 4.95. The molecule has 2 aromatic rings. The topological polar surface area (TPSA) is 50.4 Å². The summed E-state index contributed by atoms with van der Waals surface area (Å²) < 4.78 is 5.83. The number of anilines is 2. The SMILES string of the molecule is CC(C)COc1ccc(C2Nc3ccccc3NC3=C2C(=O)CC(C)(C)C3)cc1. The highest BCUT2D eigenvalue weighted by molar-refractivity contribution is 6.01. The Bertz CT molecular complexity index is 942. The molecule has 1 unspecified atom stereocenters.